The van der Waals surface area contributed by atoms with Gasteiger partial charge in [-0.05, 0) is 37.6 Å². The number of rotatable bonds is 9. The summed E-state index contributed by atoms with van der Waals surface area (Å²) in [7, 11) is -7.81. The Morgan fingerprint density at radius 3 is 2.28 bits per heavy atom. The summed E-state index contributed by atoms with van der Waals surface area (Å²) in [6.07, 6.45) is 5.73. The molecule has 1 aromatic rings. The fraction of sp³-hybridized carbons (Fsp3) is 0.500. The minimum absolute atomic E-state index is 0.155. The molecule has 0 aliphatic heterocycles. The number of sulfonamides is 1. The van der Waals surface area contributed by atoms with Gasteiger partial charge in [0.2, 0.25) is 10.0 Å². The Labute approximate surface area is 174 Å². The van der Waals surface area contributed by atoms with Gasteiger partial charge < -0.3 is 4.90 Å². The van der Waals surface area contributed by atoms with E-state index in [-0.39, 0.29) is 4.90 Å². The van der Waals surface area contributed by atoms with Crippen LogP contribution in [0.4, 0.5) is 0 Å². The molecule has 1 aliphatic rings. The smallest absolute Gasteiger partial charge is 0.294 e. The van der Waals surface area contributed by atoms with E-state index in [9.17, 15) is 21.4 Å². The van der Waals surface area contributed by atoms with Crippen molar-refractivity contribution in [3.05, 3.63) is 53.8 Å². The molecule has 0 saturated carbocycles. The monoisotopic (exact) mass is 442 g/mol. The Balaban J connectivity index is 2.29. The second kappa shape index (κ2) is 8.99. The van der Waals surface area contributed by atoms with Crippen molar-refractivity contribution in [2.75, 3.05) is 19.6 Å². The van der Waals surface area contributed by atoms with Crippen LogP contribution >= 0.6 is 0 Å². The minimum atomic E-state index is -4.28. The van der Waals surface area contributed by atoms with Gasteiger partial charge >= 0.3 is 0 Å². The molecule has 1 aromatic carbocycles. The standard InChI is InChI=1S/C20H30N2O5S2/c1-5-21(16-17-10-8-12-19(14-17)28(23,24)25)18-11-9-13-20(4,15-18)29(26,27)22(6-2)7-3/h8-14H,5-7,15-16H2,1-4H3,(H,23,24,25). The van der Waals surface area contributed by atoms with Gasteiger partial charge in [0.15, 0.2) is 0 Å². The largest absolute Gasteiger partial charge is 0.371 e. The number of benzene rings is 1. The molecule has 1 atom stereocenters. The summed E-state index contributed by atoms with van der Waals surface area (Å²) in [5, 5.41) is 0. The Hall–Kier alpha value is -1.68. The topological polar surface area (TPSA) is 95.0 Å². The van der Waals surface area contributed by atoms with Gasteiger partial charge in [-0.2, -0.15) is 8.42 Å². The van der Waals surface area contributed by atoms with E-state index in [2.05, 4.69) is 0 Å². The molecule has 0 spiro atoms. The molecule has 1 aliphatic carbocycles. The van der Waals surface area contributed by atoms with E-state index in [1.54, 1.807) is 31.2 Å². The molecular weight excluding hydrogens is 412 g/mol. The molecule has 7 nitrogen and oxygen atoms in total. The highest BCUT2D eigenvalue weighted by molar-refractivity contribution is 7.90. The van der Waals surface area contributed by atoms with Gasteiger partial charge in [0.1, 0.15) is 4.75 Å². The van der Waals surface area contributed by atoms with E-state index in [0.29, 0.717) is 38.2 Å². The molecule has 0 saturated heterocycles. The first-order chi connectivity index (χ1) is 13.5. The molecule has 0 amide bonds. The van der Waals surface area contributed by atoms with Crippen molar-refractivity contribution in [3.8, 4) is 0 Å². The molecule has 2 rings (SSSR count). The maximum Gasteiger partial charge on any atom is 0.294 e. The highest BCUT2D eigenvalue weighted by Crippen LogP contribution is 2.34. The predicted molar refractivity (Wildman–Crippen MR) is 114 cm³/mol. The summed E-state index contributed by atoms with van der Waals surface area (Å²) in [5.74, 6) is 0. The van der Waals surface area contributed by atoms with E-state index >= 15 is 0 Å². The molecule has 1 N–H and O–H groups in total. The number of hydrogen-bond donors (Lipinski definition) is 1. The van der Waals surface area contributed by atoms with Crippen LogP contribution < -0.4 is 0 Å². The molecule has 0 aromatic heterocycles. The molecular formula is C20H30N2O5S2. The van der Waals surface area contributed by atoms with Crippen LogP contribution in [0, 0.1) is 0 Å². The van der Waals surface area contributed by atoms with Gasteiger partial charge in [-0.15, -0.1) is 0 Å². The lowest BCUT2D eigenvalue weighted by molar-refractivity contribution is 0.329. The Bertz CT molecular complexity index is 995. The Morgan fingerprint density at radius 2 is 1.72 bits per heavy atom. The van der Waals surface area contributed by atoms with Crippen molar-refractivity contribution in [1.29, 1.82) is 0 Å². The lowest BCUT2D eigenvalue weighted by atomic mass is 9.98. The normalized spacial score (nSPS) is 20.0. The van der Waals surface area contributed by atoms with Gasteiger partial charge in [-0.3, -0.25) is 4.55 Å². The summed E-state index contributed by atoms with van der Waals surface area (Å²) in [4.78, 5) is 1.86. The molecule has 0 bridgehead atoms. The second-order valence-corrected chi connectivity index (χ2v) is 11.1. The van der Waals surface area contributed by atoms with Crippen molar-refractivity contribution in [2.24, 2.45) is 0 Å². The maximum atomic E-state index is 13.2. The van der Waals surface area contributed by atoms with E-state index in [1.165, 1.54) is 16.4 Å². The van der Waals surface area contributed by atoms with Crippen LogP contribution in [0.1, 0.15) is 39.7 Å². The van der Waals surface area contributed by atoms with Gasteiger partial charge in [-0.25, -0.2) is 12.7 Å². The van der Waals surface area contributed by atoms with Crippen LogP contribution in [0.5, 0.6) is 0 Å². The predicted octanol–water partition coefficient (Wildman–Crippen LogP) is 3.03. The van der Waals surface area contributed by atoms with Crippen LogP contribution in [0.3, 0.4) is 0 Å². The average Bonchev–Trinajstić information content (AvgIpc) is 2.66. The highest BCUT2D eigenvalue weighted by Gasteiger charge is 2.42. The first-order valence-electron chi connectivity index (χ1n) is 9.68. The van der Waals surface area contributed by atoms with E-state index in [4.69, 9.17) is 0 Å². The summed E-state index contributed by atoms with van der Waals surface area (Å²) in [5.41, 5.74) is 1.58. The van der Waals surface area contributed by atoms with Crippen molar-refractivity contribution in [1.82, 2.24) is 9.21 Å². The van der Waals surface area contributed by atoms with Crippen LogP contribution in [0.25, 0.3) is 0 Å². The van der Waals surface area contributed by atoms with E-state index in [0.717, 1.165) is 5.70 Å². The number of nitrogens with zero attached hydrogens (tertiary/aromatic N) is 2. The van der Waals surface area contributed by atoms with Crippen molar-refractivity contribution in [3.63, 3.8) is 0 Å². The third-order valence-corrected chi connectivity index (χ3v) is 8.77. The zero-order chi connectivity index (χ0) is 21.9. The second-order valence-electron chi connectivity index (χ2n) is 7.23. The summed E-state index contributed by atoms with van der Waals surface area (Å²) >= 11 is 0. The first kappa shape index (κ1) is 23.6. The third kappa shape index (κ3) is 5.09. The van der Waals surface area contributed by atoms with Gasteiger partial charge in [0.25, 0.3) is 10.1 Å². The summed E-state index contributed by atoms with van der Waals surface area (Å²) in [6, 6.07) is 6.13. The highest BCUT2D eigenvalue weighted by atomic mass is 32.2. The molecule has 1 unspecified atom stereocenters. The lowest BCUT2D eigenvalue weighted by Gasteiger charge is -2.37. The van der Waals surface area contributed by atoms with Crippen LogP contribution in [-0.4, -0.2) is 55.0 Å². The number of hydrogen-bond acceptors (Lipinski definition) is 5. The molecule has 9 heteroatoms. The minimum Gasteiger partial charge on any atom is -0.371 e. The van der Waals surface area contributed by atoms with Crippen molar-refractivity contribution >= 4 is 20.1 Å². The SMILES string of the molecule is CCN(Cc1cccc(S(=O)(=O)O)c1)C1=CC=CC(C)(S(=O)(=O)N(CC)CC)C1. The molecule has 0 radical (unpaired) electrons. The number of allylic oxidation sites excluding steroid dienone is 3. The van der Waals surface area contributed by atoms with Gasteiger partial charge in [-0.1, -0.05) is 38.1 Å². The third-order valence-electron chi connectivity index (χ3n) is 5.26. The molecule has 162 valence electrons. The van der Waals surface area contributed by atoms with Crippen LogP contribution in [0.2, 0.25) is 0 Å². The maximum absolute atomic E-state index is 13.2. The lowest BCUT2D eigenvalue weighted by Crippen LogP contribution is -2.47. The van der Waals surface area contributed by atoms with Crippen molar-refractivity contribution in [2.45, 2.75) is 50.3 Å². The van der Waals surface area contributed by atoms with E-state index in [1.807, 2.05) is 31.7 Å². The zero-order valence-corrected chi connectivity index (χ0v) is 19.0. The fourth-order valence-electron chi connectivity index (χ4n) is 3.53. The molecule has 29 heavy (non-hydrogen) atoms. The Kier molecular flexibility index (Phi) is 7.32. The van der Waals surface area contributed by atoms with Gasteiger partial charge in [0.05, 0.1) is 4.90 Å². The van der Waals surface area contributed by atoms with Gasteiger partial charge in [0, 0.05) is 38.3 Å². The summed E-state index contributed by atoms with van der Waals surface area (Å²) in [6.45, 7) is 9.21. The molecule has 0 fully saturated rings. The fourth-order valence-corrected chi connectivity index (χ4v) is 5.94. The quantitative estimate of drug-likeness (QED) is 0.591. The molecule has 0 heterocycles. The van der Waals surface area contributed by atoms with E-state index < -0.39 is 24.9 Å². The Morgan fingerprint density at radius 1 is 1.07 bits per heavy atom. The zero-order valence-electron chi connectivity index (χ0n) is 17.4. The van der Waals surface area contributed by atoms with Crippen LogP contribution in [0.15, 0.2) is 53.1 Å². The first-order valence-corrected chi connectivity index (χ1v) is 12.6. The summed E-state index contributed by atoms with van der Waals surface area (Å²) < 4.78 is 58.9. The average molecular weight is 443 g/mol. The van der Waals surface area contributed by atoms with Crippen LogP contribution in [-0.2, 0) is 26.7 Å². The van der Waals surface area contributed by atoms with Crippen molar-refractivity contribution < 1.29 is 21.4 Å².